The Morgan fingerprint density at radius 3 is 2.74 bits per heavy atom. The van der Waals surface area contributed by atoms with E-state index in [9.17, 15) is 14.3 Å². The number of aliphatic hydroxyl groups is 2. The normalized spacial score (nSPS) is 14.3. The molecular formula is C19H21FN4O3. The van der Waals surface area contributed by atoms with Crippen LogP contribution in [0.1, 0.15) is 11.1 Å². The number of aliphatic imine (C=N–C) groups is 1. The van der Waals surface area contributed by atoms with E-state index in [0.717, 1.165) is 5.56 Å². The van der Waals surface area contributed by atoms with Gasteiger partial charge < -0.3 is 20.4 Å². The average molecular weight is 372 g/mol. The van der Waals surface area contributed by atoms with E-state index in [2.05, 4.69) is 16.9 Å². The Bertz CT molecular complexity index is 984. The highest BCUT2D eigenvalue weighted by Gasteiger charge is 2.25. The van der Waals surface area contributed by atoms with Crippen LogP contribution in [-0.2, 0) is 7.05 Å². The highest BCUT2D eigenvalue weighted by atomic mass is 19.1. The third-order valence-corrected chi connectivity index (χ3v) is 4.38. The van der Waals surface area contributed by atoms with Gasteiger partial charge in [0.2, 0.25) is 0 Å². The number of aryl methyl sites for hydroxylation is 1. The van der Waals surface area contributed by atoms with Crippen molar-refractivity contribution in [3.05, 3.63) is 58.1 Å². The van der Waals surface area contributed by atoms with Gasteiger partial charge in [-0.25, -0.2) is 9.38 Å². The van der Waals surface area contributed by atoms with Crippen LogP contribution >= 0.6 is 0 Å². The number of pyridine rings is 1. The number of β-amino-alcohol motifs (C(OH)–C–C–N with tert-alkyl or cyclic N) is 1. The summed E-state index contributed by atoms with van der Waals surface area (Å²) in [4.78, 5) is 18.2. The molecule has 0 radical (unpaired) electrons. The molecule has 1 aromatic heterocycles. The van der Waals surface area contributed by atoms with Gasteiger partial charge in [0.15, 0.2) is 0 Å². The summed E-state index contributed by atoms with van der Waals surface area (Å²) in [5.41, 5.74) is 2.05. The lowest BCUT2D eigenvalue weighted by atomic mass is 10.1. The number of benzene rings is 1. The molecule has 0 bridgehead atoms. The zero-order chi connectivity index (χ0) is 19.7. The third kappa shape index (κ3) is 3.62. The summed E-state index contributed by atoms with van der Waals surface area (Å²) < 4.78 is 15.6. The monoisotopic (exact) mass is 372 g/mol. The zero-order valence-electron chi connectivity index (χ0n) is 15.1. The number of nitrogens with one attached hydrogen (secondary N) is 1. The van der Waals surface area contributed by atoms with Gasteiger partial charge in [0.1, 0.15) is 11.6 Å². The highest BCUT2D eigenvalue weighted by Crippen LogP contribution is 2.37. The van der Waals surface area contributed by atoms with Gasteiger partial charge in [0.05, 0.1) is 42.5 Å². The van der Waals surface area contributed by atoms with Gasteiger partial charge in [0, 0.05) is 18.8 Å². The number of anilines is 2. The standard InChI is InChI=1S/C19H21FN4O3/c1-11-4-5-15(14(20)6-11)22-16-7-17(27)23(3)19-18(16)12(2)24(10-21-19)8-13(26)9-25/h4-7,10,13,22,25-26H,2,8-9H2,1,3H3. The summed E-state index contributed by atoms with van der Waals surface area (Å²) in [5.74, 6) is -0.0702. The first kappa shape index (κ1) is 18.8. The summed E-state index contributed by atoms with van der Waals surface area (Å²) in [5, 5.41) is 21.8. The molecule has 0 saturated heterocycles. The van der Waals surface area contributed by atoms with E-state index < -0.39 is 18.5 Å². The lowest BCUT2D eigenvalue weighted by Gasteiger charge is -2.30. The second-order valence-corrected chi connectivity index (χ2v) is 6.44. The SMILES string of the molecule is C=C1c2c(Nc3ccc(C)cc3F)cc(=O)n(C)c2N=CN1CC(O)CO. The number of aliphatic hydroxyl groups excluding tert-OH is 2. The summed E-state index contributed by atoms with van der Waals surface area (Å²) in [6, 6.07) is 6.10. The minimum atomic E-state index is -0.978. The zero-order valence-corrected chi connectivity index (χ0v) is 15.1. The molecule has 1 unspecified atom stereocenters. The Kier molecular flexibility index (Phi) is 5.11. The summed E-state index contributed by atoms with van der Waals surface area (Å²) >= 11 is 0. The summed E-state index contributed by atoms with van der Waals surface area (Å²) in [6.45, 7) is 5.49. The van der Waals surface area contributed by atoms with E-state index in [1.54, 1.807) is 31.0 Å². The van der Waals surface area contributed by atoms with Crippen molar-refractivity contribution in [3.8, 4) is 0 Å². The number of hydrogen-bond acceptors (Lipinski definition) is 6. The lowest BCUT2D eigenvalue weighted by molar-refractivity contribution is 0.0855. The molecule has 1 atom stereocenters. The van der Waals surface area contributed by atoms with Crippen molar-refractivity contribution in [1.82, 2.24) is 9.47 Å². The predicted molar refractivity (Wildman–Crippen MR) is 103 cm³/mol. The van der Waals surface area contributed by atoms with Crippen molar-refractivity contribution in [2.75, 3.05) is 18.5 Å². The fraction of sp³-hybridized carbons (Fsp3) is 0.263. The van der Waals surface area contributed by atoms with Crippen LogP contribution in [0, 0.1) is 12.7 Å². The van der Waals surface area contributed by atoms with Crippen LogP contribution in [-0.4, -0.2) is 45.3 Å². The molecule has 2 aromatic rings. The molecule has 7 nitrogen and oxygen atoms in total. The van der Waals surface area contributed by atoms with Crippen LogP contribution in [0.5, 0.6) is 0 Å². The third-order valence-electron chi connectivity index (χ3n) is 4.38. The molecule has 0 spiro atoms. The van der Waals surface area contributed by atoms with Crippen molar-refractivity contribution < 1.29 is 14.6 Å². The molecule has 1 aliphatic rings. The van der Waals surface area contributed by atoms with Crippen molar-refractivity contribution in [3.63, 3.8) is 0 Å². The van der Waals surface area contributed by atoms with Crippen LogP contribution in [0.25, 0.3) is 5.70 Å². The summed E-state index contributed by atoms with van der Waals surface area (Å²) in [6.07, 6.45) is 0.465. The van der Waals surface area contributed by atoms with E-state index in [4.69, 9.17) is 5.11 Å². The quantitative estimate of drug-likeness (QED) is 0.746. The van der Waals surface area contributed by atoms with Gasteiger partial charge in [-0.3, -0.25) is 9.36 Å². The number of halogens is 1. The van der Waals surface area contributed by atoms with Gasteiger partial charge >= 0.3 is 0 Å². The maximum Gasteiger partial charge on any atom is 0.254 e. The number of fused-ring (bicyclic) bond motifs is 1. The molecule has 3 rings (SSSR count). The molecule has 0 amide bonds. The number of nitrogens with zero attached hydrogens (tertiary/aromatic N) is 3. The Hall–Kier alpha value is -2.97. The van der Waals surface area contributed by atoms with Crippen molar-refractivity contribution in [2.45, 2.75) is 13.0 Å². The molecule has 27 heavy (non-hydrogen) atoms. The first-order chi connectivity index (χ1) is 12.8. The molecule has 1 aromatic carbocycles. The van der Waals surface area contributed by atoms with E-state index >= 15 is 0 Å². The van der Waals surface area contributed by atoms with Crippen LogP contribution in [0.4, 0.5) is 21.6 Å². The minimum Gasteiger partial charge on any atom is -0.394 e. The molecule has 0 aliphatic carbocycles. The number of rotatable bonds is 5. The van der Waals surface area contributed by atoms with Gasteiger partial charge in [0.25, 0.3) is 5.56 Å². The first-order valence-electron chi connectivity index (χ1n) is 8.38. The second-order valence-electron chi connectivity index (χ2n) is 6.44. The average Bonchev–Trinajstić information content (AvgIpc) is 2.63. The van der Waals surface area contributed by atoms with Gasteiger partial charge in [-0.1, -0.05) is 12.6 Å². The molecule has 2 heterocycles. The molecular weight excluding hydrogens is 351 g/mol. The predicted octanol–water partition coefficient (Wildman–Crippen LogP) is 1.88. The van der Waals surface area contributed by atoms with Gasteiger partial charge in [-0.2, -0.15) is 0 Å². The van der Waals surface area contributed by atoms with Crippen molar-refractivity contribution >= 4 is 29.2 Å². The Morgan fingerprint density at radius 1 is 1.33 bits per heavy atom. The number of aromatic nitrogens is 1. The van der Waals surface area contributed by atoms with Gasteiger partial charge in [-0.15, -0.1) is 0 Å². The van der Waals surface area contributed by atoms with E-state index in [0.29, 0.717) is 22.8 Å². The molecule has 3 N–H and O–H groups in total. The van der Waals surface area contributed by atoms with Crippen LogP contribution in [0.15, 0.2) is 40.6 Å². The van der Waals surface area contributed by atoms with E-state index in [1.165, 1.54) is 23.0 Å². The van der Waals surface area contributed by atoms with Gasteiger partial charge in [-0.05, 0) is 24.6 Å². The Labute approximate surface area is 155 Å². The molecule has 1 aliphatic heterocycles. The van der Waals surface area contributed by atoms with Crippen LogP contribution in [0.2, 0.25) is 0 Å². The topological polar surface area (TPSA) is 90.1 Å². The maximum atomic E-state index is 14.3. The number of hydrogen-bond donors (Lipinski definition) is 3. The van der Waals surface area contributed by atoms with E-state index in [-0.39, 0.29) is 17.8 Å². The highest BCUT2D eigenvalue weighted by molar-refractivity contribution is 5.91. The van der Waals surface area contributed by atoms with E-state index in [1.807, 2.05) is 0 Å². The molecule has 0 saturated carbocycles. The minimum absolute atomic E-state index is 0.0828. The molecule has 8 heteroatoms. The van der Waals surface area contributed by atoms with Crippen LogP contribution in [0.3, 0.4) is 0 Å². The summed E-state index contributed by atoms with van der Waals surface area (Å²) in [7, 11) is 1.58. The van der Waals surface area contributed by atoms with Crippen molar-refractivity contribution in [1.29, 1.82) is 0 Å². The smallest absolute Gasteiger partial charge is 0.254 e. The fourth-order valence-electron chi connectivity index (χ4n) is 2.87. The first-order valence-corrected chi connectivity index (χ1v) is 8.38. The largest absolute Gasteiger partial charge is 0.394 e. The maximum absolute atomic E-state index is 14.3. The van der Waals surface area contributed by atoms with Crippen LogP contribution < -0.4 is 10.9 Å². The Morgan fingerprint density at radius 2 is 2.07 bits per heavy atom. The fourth-order valence-corrected chi connectivity index (χ4v) is 2.87. The molecule has 0 fully saturated rings. The lowest BCUT2D eigenvalue weighted by Crippen LogP contribution is -2.34. The Balaban J connectivity index is 2.07. The van der Waals surface area contributed by atoms with Crippen molar-refractivity contribution in [2.24, 2.45) is 12.0 Å². The molecule has 142 valence electrons. The second kappa shape index (κ2) is 7.34.